The molecule has 0 saturated heterocycles. The summed E-state index contributed by atoms with van der Waals surface area (Å²) in [4.78, 5) is 14.4. The molecule has 5 nitrogen and oxygen atoms in total. The van der Waals surface area contributed by atoms with E-state index in [9.17, 15) is 4.79 Å². The molecule has 0 amide bonds. The molecule has 96 valence electrons. The van der Waals surface area contributed by atoms with Gasteiger partial charge in [-0.25, -0.2) is 0 Å². The van der Waals surface area contributed by atoms with E-state index in [0.717, 1.165) is 22.2 Å². The number of nitrogens with one attached hydrogen (secondary N) is 1. The summed E-state index contributed by atoms with van der Waals surface area (Å²) >= 11 is 0. The maximum absolute atomic E-state index is 11.3. The maximum atomic E-state index is 11.3. The normalized spacial score (nSPS) is 12.4. The molecule has 0 fully saturated rings. The van der Waals surface area contributed by atoms with Crippen molar-refractivity contribution in [3.63, 3.8) is 0 Å². The van der Waals surface area contributed by atoms with Gasteiger partial charge in [0.2, 0.25) is 0 Å². The summed E-state index contributed by atoms with van der Waals surface area (Å²) in [6.07, 6.45) is 2.30. The molecule has 3 N–H and O–H groups in total. The number of aromatic nitrogens is 1. The maximum Gasteiger partial charge on any atom is 0.322 e. The van der Waals surface area contributed by atoms with Crippen molar-refractivity contribution in [2.45, 2.75) is 12.5 Å². The molecule has 0 bridgehead atoms. The smallest absolute Gasteiger partial charge is 0.322 e. The van der Waals surface area contributed by atoms with Gasteiger partial charge in [-0.15, -0.1) is 0 Å². The van der Waals surface area contributed by atoms with Crippen molar-refractivity contribution in [2.75, 3.05) is 14.2 Å². The number of H-pyrrole nitrogens is 1. The Morgan fingerprint density at radius 3 is 2.89 bits per heavy atom. The molecular formula is C13H16N2O3. The van der Waals surface area contributed by atoms with Crippen LogP contribution in [0.15, 0.2) is 24.4 Å². The van der Waals surface area contributed by atoms with E-state index in [2.05, 4.69) is 9.72 Å². The minimum atomic E-state index is -0.642. The van der Waals surface area contributed by atoms with Crippen molar-refractivity contribution in [1.29, 1.82) is 0 Å². The number of carbonyl (C=O) groups excluding carboxylic acids is 1. The van der Waals surface area contributed by atoms with Gasteiger partial charge >= 0.3 is 5.97 Å². The summed E-state index contributed by atoms with van der Waals surface area (Å²) in [5.74, 6) is 0.381. The molecular weight excluding hydrogens is 232 g/mol. The third-order valence-corrected chi connectivity index (χ3v) is 2.92. The fourth-order valence-corrected chi connectivity index (χ4v) is 1.93. The molecule has 2 aromatic rings. The van der Waals surface area contributed by atoms with Crippen molar-refractivity contribution in [3.8, 4) is 5.75 Å². The lowest BCUT2D eigenvalue weighted by atomic mass is 10.1. The van der Waals surface area contributed by atoms with Gasteiger partial charge in [-0.3, -0.25) is 4.79 Å². The van der Waals surface area contributed by atoms with E-state index in [-0.39, 0.29) is 0 Å². The highest BCUT2D eigenvalue weighted by atomic mass is 16.5. The zero-order valence-corrected chi connectivity index (χ0v) is 10.4. The van der Waals surface area contributed by atoms with Crippen LogP contribution in [0.5, 0.6) is 5.75 Å². The van der Waals surface area contributed by atoms with Crippen LogP contribution >= 0.6 is 0 Å². The number of rotatable bonds is 4. The lowest BCUT2D eigenvalue weighted by Gasteiger charge is -2.08. The molecule has 1 aromatic carbocycles. The Hall–Kier alpha value is -2.01. The largest absolute Gasteiger partial charge is 0.497 e. The van der Waals surface area contributed by atoms with E-state index in [1.165, 1.54) is 7.11 Å². The van der Waals surface area contributed by atoms with Crippen molar-refractivity contribution in [2.24, 2.45) is 5.73 Å². The fourth-order valence-electron chi connectivity index (χ4n) is 1.93. The van der Waals surface area contributed by atoms with Gasteiger partial charge in [0, 0.05) is 29.6 Å². The predicted octanol–water partition coefficient (Wildman–Crippen LogP) is 1.22. The summed E-state index contributed by atoms with van der Waals surface area (Å²) in [5.41, 5.74) is 7.70. The zero-order valence-electron chi connectivity index (χ0n) is 10.4. The number of ether oxygens (including phenoxy) is 2. The number of methoxy groups -OCH3 is 2. The van der Waals surface area contributed by atoms with Gasteiger partial charge in [-0.2, -0.15) is 0 Å². The highest BCUT2D eigenvalue weighted by molar-refractivity contribution is 5.85. The number of hydrogen-bond donors (Lipinski definition) is 2. The molecule has 1 aromatic heterocycles. The van der Waals surface area contributed by atoms with Crippen LogP contribution < -0.4 is 10.5 Å². The predicted molar refractivity (Wildman–Crippen MR) is 68.5 cm³/mol. The first-order valence-corrected chi connectivity index (χ1v) is 5.63. The summed E-state index contributed by atoms with van der Waals surface area (Å²) in [7, 11) is 2.96. The van der Waals surface area contributed by atoms with E-state index in [1.807, 2.05) is 24.4 Å². The van der Waals surface area contributed by atoms with Crippen LogP contribution in [-0.2, 0) is 16.0 Å². The molecule has 0 saturated carbocycles. The van der Waals surface area contributed by atoms with Crippen LogP contribution in [0, 0.1) is 0 Å². The Morgan fingerprint density at radius 1 is 1.44 bits per heavy atom. The minimum absolute atomic E-state index is 0.405. The van der Waals surface area contributed by atoms with Crippen LogP contribution in [0.3, 0.4) is 0 Å². The van der Waals surface area contributed by atoms with Gasteiger partial charge in [-0.1, -0.05) is 0 Å². The Bertz CT molecular complexity index is 562. The van der Waals surface area contributed by atoms with Crippen LogP contribution in [0.1, 0.15) is 5.56 Å². The summed E-state index contributed by atoms with van der Waals surface area (Å²) in [6, 6.07) is 5.09. The van der Waals surface area contributed by atoms with Gasteiger partial charge in [0.15, 0.2) is 0 Å². The number of fused-ring (bicyclic) bond motifs is 1. The van der Waals surface area contributed by atoms with Gasteiger partial charge in [-0.05, 0) is 17.7 Å². The molecule has 0 unspecified atom stereocenters. The average Bonchev–Trinajstić information content (AvgIpc) is 2.80. The highest BCUT2D eigenvalue weighted by Gasteiger charge is 2.16. The second kappa shape index (κ2) is 5.10. The molecule has 2 rings (SSSR count). The third-order valence-electron chi connectivity index (χ3n) is 2.92. The van der Waals surface area contributed by atoms with Crippen molar-refractivity contribution >= 4 is 16.9 Å². The van der Waals surface area contributed by atoms with E-state index in [0.29, 0.717) is 6.42 Å². The Morgan fingerprint density at radius 2 is 2.22 bits per heavy atom. The SMILES string of the molecule is COC(=O)[C@H](N)Cc1c[nH]c2cc(OC)ccc12. The van der Waals surface area contributed by atoms with E-state index < -0.39 is 12.0 Å². The molecule has 1 atom stereocenters. The standard InChI is InChI=1S/C13H16N2O3/c1-17-9-3-4-10-8(7-15-12(10)6-9)5-11(14)13(16)18-2/h3-4,6-7,11,15H,5,14H2,1-2H3/t11-/m1/s1. The number of carbonyl (C=O) groups is 1. The monoisotopic (exact) mass is 248 g/mol. The molecule has 0 radical (unpaired) electrons. The first kappa shape index (κ1) is 12.4. The second-order valence-electron chi connectivity index (χ2n) is 4.06. The first-order valence-electron chi connectivity index (χ1n) is 5.63. The van der Waals surface area contributed by atoms with Crippen LogP contribution in [0.2, 0.25) is 0 Å². The lowest BCUT2D eigenvalue weighted by molar-refractivity contribution is -0.142. The molecule has 5 heteroatoms. The van der Waals surface area contributed by atoms with Gasteiger partial charge in [0.1, 0.15) is 11.8 Å². The molecule has 0 aliphatic heterocycles. The zero-order chi connectivity index (χ0) is 13.1. The van der Waals surface area contributed by atoms with E-state index in [1.54, 1.807) is 7.11 Å². The quantitative estimate of drug-likeness (QED) is 0.797. The van der Waals surface area contributed by atoms with Crippen molar-refractivity contribution < 1.29 is 14.3 Å². The van der Waals surface area contributed by atoms with Crippen LogP contribution in [-0.4, -0.2) is 31.2 Å². The summed E-state index contributed by atoms with van der Waals surface area (Å²) in [6.45, 7) is 0. The van der Waals surface area contributed by atoms with Gasteiger partial charge in [0.25, 0.3) is 0 Å². The number of aromatic amines is 1. The Balaban J connectivity index is 2.27. The molecule has 0 spiro atoms. The highest BCUT2D eigenvalue weighted by Crippen LogP contribution is 2.23. The van der Waals surface area contributed by atoms with Crippen molar-refractivity contribution in [1.82, 2.24) is 4.98 Å². The van der Waals surface area contributed by atoms with Gasteiger partial charge in [0.05, 0.1) is 14.2 Å². The lowest BCUT2D eigenvalue weighted by Crippen LogP contribution is -2.33. The molecule has 0 aliphatic carbocycles. The Labute approximate surface area is 105 Å². The van der Waals surface area contributed by atoms with Crippen molar-refractivity contribution in [3.05, 3.63) is 30.0 Å². The number of nitrogens with two attached hydrogens (primary N) is 1. The van der Waals surface area contributed by atoms with Crippen LogP contribution in [0.4, 0.5) is 0 Å². The number of benzene rings is 1. The first-order chi connectivity index (χ1) is 8.65. The number of hydrogen-bond acceptors (Lipinski definition) is 4. The Kier molecular flexibility index (Phi) is 3.53. The minimum Gasteiger partial charge on any atom is -0.497 e. The summed E-state index contributed by atoms with van der Waals surface area (Å²) < 4.78 is 9.76. The van der Waals surface area contributed by atoms with Gasteiger partial charge < -0.3 is 20.2 Å². The van der Waals surface area contributed by atoms with E-state index >= 15 is 0 Å². The summed E-state index contributed by atoms with van der Waals surface area (Å²) in [5, 5.41) is 1.04. The van der Waals surface area contributed by atoms with E-state index in [4.69, 9.17) is 10.5 Å². The van der Waals surface area contributed by atoms with Crippen LogP contribution in [0.25, 0.3) is 10.9 Å². The molecule has 1 heterocycles. The average molecular weight is 248 g/mol. The fraction of sp³-hybridized carbons (Fsp3) is 0.308. The topological polar surface area (TPSA) is 77.3 Å². The third kappa shape index (κ3) is 2.31. The molecule has 0 aliphatic rings. The number of esters is 1. The second-order valence-corrected chi connectivity index (χ2v) is 4.06. The molecule has 18 heavy (non-hydrogen) atoms.